The van der Waals surface area contributed by atoms with Crippen molar-refractivity contribution in [2.24, 2.45) is 0 Å². The molecule has 19 heavy (non-hydrogen) atoms. The Labute approximate surface area is 111 Å². The maximum absolute atomic E-state index is 12.7. The molecule has 6 heteroatoms. The highest BCUT2D eigenvalue weighted by atomic mass is 32.2. The van der Waals surface area contributed by atoms with Crippen molar-refractivity contribution in [3.8, 4) is 0 Å². The maximum atomic E-state index is 12.7. The molecule has 0 unspecified atom stereocenters. The summed E-state index contributed by atoms with van der Waals surface area (Å²) in [6.45, 7) is 1.73. The third kappa shape index (κ3) is 3.03. The predicted octanol–water partition coefficient (Wildman–Crippen LogP) is 2.52. The zero-order valence-corrected chi connectivity index (χ0v) is 11.0. The first-order valence-electron chi connectivity index (χ1n) is 5.53. The zero-order valence-electron chi connectivity index (χ0n) is 10.2. The molecule has 0 saturated heterocycles. The average molecular weight is 280 g/mol. The molecule has 0 atom stereocenters. The van der Waals surface area contributed by atoms with Crippen molar-refractivity contribution in [2.45, 2.75) is 11.8 Å². The summed E-state index contributed by atoms with van der Waals surface area (Å²) in [5, 5.41) is 0. The molecule has 0 aliphatic carbocycles. The van der Waals surface area contributed by atoms with Gasteiger partial charge >= 0.3 is 0 Å². The molecule has 0 spiro atoms. The van der Waals surface area contributed by atoms with Crippen LogP contribution in [0.2, 0.25) is 0 Å². The highest BCUT2D eigenvalue weighted by Gasteiger charge is 2.14. The number of benzene rings is 2. The number of nitrogens with one attached hydrogen (secondary N) is 1. The Kier molecular flexibility index (Phi) is 3.44. The number of hydrogen-bond donors (Lipinski definition) is 2. The van der Waals surface area contributed by atoms with Gasteiger partial charge in [-0.3, -0.25) is 4.72 Å². The van der Waals surface area contributed by atoms with E-state index in [1.165, 1.54) is 42.5 Å². The average Bonchev–Trinajstić information content (AvgIpc) is 2.35. The van der Waals surface area contributed by atoms with Crippen molar-refractivity contribution in [1.29, 1.82) is 0 Å². The van der Waals surface area contributed by atoms with Crippen LogP contribution in [0, 0.1) is 12.7 Å². The molecule has 0 saturated carbocycles. The lowest BCUT2D eigenvalue weighted by Crippen LogP contribution is -2.13. The van der Waals surface area contributed by atoms with Gasteiger partial charge in [-0.05, 0) is 55.0 Å². The largest absolute Gasteiger partial charge is 0.399 e. The number of nitrogens with two attached hydrogens (primary N) is 1. The van der Waals surface area contributed by atoms with E-state index in [-0.39, 0.29) is 4.90 Å². The van der Waals surface area contributed by atoms with E-state index in [4.69, 9.17) is 5.73 Å². The summed E-state index contributed by atoms with van der Waals surface area (Å²) < 4.78 is 39.3. The molecule has 0 radical (unpaired) electrons. The number of nitrogen functional groups attached to an aromatic ring is 1. The fourth-order valence-electron chi connectivity index (χ4n) is 1.55. The lowest BCUT2D eigenvalue weighted by atomic mass is 10.2. The summed E-state index contributed by atoms with van der Waals surface area (Å²) in [6, 6.07) is 9.54. The molecule has 4 nitrogen and oxygen atoms in total. The highest BCUT2D eigenvalue weighted by molar-refractivity contribution is 7.92. The minimum atomic E-state index is -3.69. The molecular weight excluding hydrogens is 267 g/mol. The van der Waals surface area contributed by atoms with Gasteiger partial charge in [-0.2, -0.15) is 0 Å². The van der Waals surface area contributed by atoms with Gasteiger partial charge in [0, 0.05) is 11.4 Å². The monoisotopic (exact) mass is 280 g/mol. The fourth-order valence-corrected chi connectivity index (χ4v) is 2.69. The number of sulfonamides is 1. The number of rotatable bonds is 3. The van der Waals surface area contributed by atoms with Crippen molar-refractivity contribution < 1.29 is 12.8 Å². The molecule has 2 rings (SSSR count). The molecule has 0 bridgehead atoms. The number of hydrogen-bond acceptors (Lipinski definition) is 3. The van der Waals surface area contributed by atoms with Crippen LogP contribution < -0.4 is 10.5 Å². The molecule has 0 fully saturated rings. The molecule has 0 aliphatic rings. The van der Waals surface area contributed by atoms with Gasteiger partial charge in [0.2, 0.25) is 0 Å². The molecule has 100 valence electrons. The first-order chi connectivity index (χ1) is 8.88. The van der Waals surface area contributed by atoms with Gasteiger partial charge in [0.25, 0.3) is 10.0 Å². The lowest BCUT2D eigenvalue weighted by molar-refractivity contribution is 0.601. The van der Waals surface area contributed by atoms with E-state index in [1.807, 2.05) is 0 Å². The van der Waals surface area contributed by atoms with Crippen molar-refractivity contribution in [1.82, 2.24) is 0 Å². The van der Waals surface area contributed by atoms with Gasteiger partial charge in [-0.25, -0.2) is 12.8 Å². The standard InChI is InChI=1S/C13H13FN2O2S/c1-9-8-12(6-7-13(9)15)19(17,18)16-11-4-2-10(14)3-5-11/h2-8,16H,15H2,1H3. The molecule has 2 aromatic rings. The number of halogens is 1. The van der Waals surface area contributed by atoms with E-state index < -0.39 is 15.8 Å². The van der Waals surface area contributed by atoms with Gasteiger partial charge in [0.15, 0.2) is 0 Å². The van der Waals surface area contributed by atoms with Crippen LogP contribution in [0.1, 0.15) is 5.56 Å². The van der Waals surface area contributed by atoms with E-state index in [1.54, 1.807) is 6.92 Å². The van der Waals surface area contributed by atoms with Crippen LogP contribution in [0.15, 0.2) is 47.4 Å². The third-order valence-corrected chi connectivity index (χ3v) is 4.03. The van der Waals surface area contributed by atoms with Crippen LogP contribution in [-0.4, -0.2) is 8.42 Å². The van der Waals surface area contributed by atoms with Crippen molar-refractivity contribution in [3.63, 3.8) is 0 Å². The Morgan fingerprint density at radius 1 is 1.11 bits per heavy atom. The van der Waals surface area contributed by atoms with Gasteiger partial charge in [-0.15, -0.1) is 0 Å². The first kappa shape index (κ1) is 13.4. The topological polar surface area (TPSA) is 72.2 Å². The van der Waals surface area contributed by atoms with E-state index in [9.17, 15) is 12.8 Å². The van der Waals surface area contributed by atoms with Crippen molar-refractivity contribution in [3.05, 3.63) is 53.8 Å². The quantitative estimate of drug-likeness (QED) is 0.848. The molecule has 0 aromatic heterocycles. The van der Waals surface area contributed by atoms with Crippen LogP contribution in [-0.2, 0) is 10.0 Å². The van der Waals surface area contributed by atoms with Crippen LogP contribution in [0.5, 0.6) is 0 Å². The molecular formula is C13H13FN2O2S. The molecule has 0 heterocycles. The van der Waals surface area contributed by atoms with Gasteiger partial charge in [0.05, 0.1) is 4.90 Å². The Balaban J connectivity index is 2.32. The molecule has 2 aromatic carbocycles. The Bertz CT molecular complexity index is 697. The summed E-state index contributed by atoms with van der Waals surface area (Å²) in [4.78, 5) is 0.114. The third-order valence-electron chi connectivity index (χ3n) is 2.65. The van der Waals surface area contributed by atoms with Crippen molar-refractivity contribution in [2.75, 3.05) is 10.5 Å². The summed E-state index contributed by atoms with van der Waals surface area (Å²) in [6.07, 6.45) is 0. The zero-order chi connectivity index (χ0) is 14.0. The normalized spacial score (nSPS) is 11.3. The minimum absolute atomic E-state index is 0.114. The van der Waals surface area contributed by atoms with Crippen molar-refractivity contribution >= 4 is 21.4 Å². The van der Waals surface area contributed by atoms with E-state index in [0.29, 0.717) is 16.9 Å². The number of anilines is 2. The molecule has 0 aliphatic heterocycles. The molecule has 3 N–H and O–H groups in total. The molecule has 0 amide bonds. The van der Waals surface area contributed by atoms with Gasteiger partial charge in [-0.1, -0.05) is 0 Å². The Morgan fingerprint density at radius 2 is 1.74 bits per heavy atom. The summed E-state index contributed by atoms with van der Waals surface area (Å²) in [5.74, 6) is -0.425. The minimum Gasteiger partial charge on any atom is -0.399 e. The van der Waals surface area contributed by atoms with Gasteiger partial charge < -0.3 is 5.73 Å². The summed E-state index contributed by atoms with van der Waals surface area (Å²) in [5.41, 5.74) is 7.16. The second-order valence-electron chi connectivity index (χ2n) is 4.13. The second kappa shape index (κ2) is 4.89. The Morgan fingerprint density at radius 3 is 2.32 bits per heavy atom. The van der Waals surface area contributed by atoms with E-state index >= 15 is 0 Å². The van der Waals surface area contributed by atoms with E-state index in [0.717, 1.165) is 0 Å². The van der Waals surface area contributed by atoms with Crippen LogP contribution in [0.4, 0.5) is 15.8 Å². The fraction of sp³-hybridized carbons (Fsp3) is 0.0769. The maximum Gasteiger partial charge on any atom is 0.261 e. The SMILES string of the molecule is Cc1cc(S(=O)(=O)Nc2ccc(F)cc2)ccc1N. The van der Waals surface area contributed by atoms with E-state index in [2.05, 4.69) is 4.72 Å². The second-order valence-corrected chi connectivity index (χ2v) is 5.81. The predicted molar refractivity (Wildman–Crippen MR) is 72.8 cm³/mol. The number of aryl methyl sites for hydroxylation is 1. The Hall–Kier alpha value is -2.08. The summed E-state index contributed by atoms with van der Waals surface area (Å²) >= 11 is 0. The van der Waals surface area contributed by atoms with Crippen LogP contribution in [0.25, 0.3) is 0 Å². The first-order valence-corrected chi connectivity index (χ1v) is 7.01. The summed E-state index contributed by atoms with van der Waals surface area (Å²) in [7, 11) is -3.69. The van der Waals surface area contributed by atoms with Crippen LogP contribution >= 0.6 is 0 Å². The highest BCUT2D eigenvalue weighted by Crippen LogP contribution is 2.20. The smallest absolute Gasteiger partial charge is 0.261 e. The lowest BCUT2D eigenvalue weighted by Gasteiger charge is -2.09. The van der Waals surface area contributed by atoms with Gasteiger partial charge in [0.1, 0.15) is 5.82 Å². The van der Waals surface area contributed by atoms with Crippen LogP contribution in [0.3, 0.4) is 0 Å².